The Morgan fingerprint density at radius 1 is 1.19 bits per heavy atom. The summed E-state index contributed by atoms with van der Waals surface area (Å²) in [5, 5.41) is 7.80. The fourth-order valence-electron chi connectivity index (χ4n) is 2.83. The molecule has 1 aromatic carbocycles. The molecule has 26 heavy (non-hydrogen) atoms. The Balaban J connectivity index is 1.97. The average Bonchev–Trinajstić information content (AvgIpc) is 3.13. The van der Waals surface area contributed by atoms with Crippen LogP contribution in [0.2, 0.25) is 0 Å². The Hall–Kier alpha value is -2.54. The zero-order valence-electron chi connectivity index (χ0n) is 15.8. The fourth-order valence-corrected chi connectivity index (χ4v) is 3.91. The molecule has 3 aromatic rings. The summed E-state index contributed by atoms with van der Waals surface area (Å²) in [6.07, 6.45) is 0. The third kappa shape index (κ3) is 3.53. The maximum absolute atomic E-state index is 11.4. The van der Waals surface area contributed by atoms with Gasteiger partial charge in [0.15, 0.2) is 5.82 Å². The number of thiazole rings is 1. The van der Waals surface area contributed by atoms with Crippen LogP contribution in [0.5, 0.6) is 0 Å². The van der Waals surface area contributed by atoms with E-state index in [1.54, 1.807) is 0 Å². The number of hydrogen-bond donors (Lipinski definition) is 1. The minimum absolute atomic E-state index is 0.146. The molecule has 7 heteroatoms. The van der Waals surface area contributed by atoms with Crippen molar-refractivity contribution in [3.8, 4) is 21.3 Å². The summed E-state index contributed by atoms with van der Waals surface area (Å²) < 4.78 is 5.46. The largest absolute Gasteiger partial charge is 0.344 e. The highest BCUT2D eigenvalue weighted by Gasteiger charge is 2.29. The van der Waals surface area contributed by atoms with Gasteiger partial charge in [-0.05, 0) is 40.2 Å². The van der Waals surface area contributed by atoms with Gasteiger partial charge >= 0.3 is 0 Å². The summed E-state index contributed by atoms with van der Waals surface area (Å²) in [5.41, 5.74) is 3.65. The fraction of sp³-hybridized carbons (Fsp3) is 0.368. The zero-order valence-corrected chi connectivity index (χ0v) is 16.6. The van der Waals surface area contributed by atoms with Gasteiger partial charge in [-0.1, -0.05) is 28.9 Å². The second kappa shape index (κ2) is 6.64. The first kappa shape index (κ1) is 18.3. The SMILES string of the molecule is CC(=O)NC(C)(C)c1noc(-c2sc(-c3ccc(C)cc3C)nc2C)n1. The number of carbonyl (C=O) groups excluding carboxylic acids is 1. The molecule has 6 nitrogen and oxygen atoms in total. The highest BCUT2D eigenvalue weighted by Crippen LogP contribution is 2.36. The first-order valence-corrected chi connectivity index (χ1v) is 9.17. The van der Waals surface area contributed by atoms with E-state index >= 15 is 0 Å². The Labute approximate surface area is 156 Å². The van der Waals surface area contributed by atoms with Crippen molar-refractivity contribution in [2.75, 3.05) is 0 Å². The smallest absolute Gasteiger partial charge is 0.270 e. The molecule has 0 saturated heterocycles. The minimum atomic E-state index is -0.706. The van der Waals surface area contributed by atoms with Crippen molar-refractivity contribution < 1.29 is 9.32 Å². The van der Waals surface area contributed by atoms with E-state index in [1.165, 1.54) is 29.4 Å². The number of benzene rings is 1. The summed E-state index contributed by atoms with van der Waals surface area (Å²) in [5.74, 6) is 0.709. The van der Waals surface area contributed by atoms with Crippen LogP contribution < -0.4 is 5.32 Å². The van der Waals surface area contributed by atoms with Crippen molar-refractivity contribution in [3.05, 3.63) is 40.8 Å². The predicted molar refractivity (Wildman–Crippen MR) is 102 cm³/mol. The molecule has 0 radical (unpaired) electrons. The summed E-state index contributed by atoms with van der Waals surface area (Å²) in [4.78, 5) is 21.4. The van der Waals surface area contributed by atoms with Crippen molar-refractivity contribution in [3.63, 3.8) is 0 Å². The van der Waals surface area contributed by atoms with Gasteiger partial charge in [0.25, 0.3) is 5.89 Å². The summed E-state index contributed by atoms with van der Waals surface area (Å²) >= 11 is 1.53. The van der Waals surface area contributed by atoms with E-state index in [0.29, 0.717) is 11.7 Å². The van der Waals surface area contributed by atoms with Gasteiger partial charge in [0.1, 0.15) is 9.88 Å². The van der Waals surface area contributed by atoms with Crippen molar-refractivity contribution >= 4 is 17.2 Å². The molecule has 0 fully saturated rings. The Morgan fingerprint density at radius 3 is 2.58 bits per heavy atom. The topological polar surface area (TPSA) is 80.9 Å². The second-order valence-electron chi connectivity index (χ2n) is 6.98. The molecule has 0 atom stereocenters. The molecule has 0 aliphatic rings. The normalized spacial score (nSPS) is 11.6. The Kier molecular flexibility index (Phi) is 4.66. The molecule has 136 valence electrons. The van der Waals surface area contributed by atoms with Crippen LogP contribution in [-0.2, 0) is 10.3 Å². The van der Waals surface area contributed by atoms with Crippen LogP contribution in [0.25, 0.3) is 21.3 Å². The van der Waals surface area contributed by atoms with Crippen molar-refractivity contribution in [1.82, 2.24) is 20.4 Å². The molecule has 1 amide bonds. The molecule has 0 spiro atoms. The van der Waals surface area contributed by atoms with Crippen LogP contribution in [0.15, 0.2) is 22.7 Å². The summed E-state index contributed by atoms with van der Waals surface area (Å²) in [6, 6.07) is 6.32. The van der Waals surface area contributed by atoms with Gasteiger partial charge in [0.2, 0.25) is 5.91 Å². The molecular weight excluding hydrogens is 348 g/mol. The molecular formula is C19H22N4O2S. The van der Waals surface area contributed by atoms with Gasteiger partial charge < -0.3 is 9.84 Å². The number of aryl methyl sites for hydroxylation is 3. The number of rotatable bonds is 4. The number of nitrogens with one attached hydrogen (secondary N) is 1. The third-order valence-corrected chi connectivity index (χ3v) is 5.26. The van der Waals surface area contributed by atoms with E-state index in [-0.39, 0.29) is 5.91 Å². The molecule has 0 unspecified atom stereocenters. The summed E-state index contributed by atoms with van der Waals surface area (Å²) in [7, 11) is 0. The first-order valence-electron chi connectivity index (χ1n) is 8.36. The van der Waals surface area contributed by atoms with Crippen molar-refractivity contribution in [1.29, 1.82) is 0 Å². The second-order valence-corrected chi connectivity index (χ2v) is 7.98. The number of amides is 1. The van der Waals surface area contributed by atoms with Crippen LogP contribution in [0, 0.1) is 20.8 Å². The predicted octanol–water partition coefficient (Wildman–Crippen LogP) is 4.16. The van der Waals surface area contributed by atoms with Gasteiger partial charge in [0, 0.05) is 12.5 Å². The van der Waals surface area contributed by atoms with Gasteiger partial charge in [-0.2, -0.15) is 4.98 Å². The quantitative estimate of drug-likeness (QED) is 0.746. The molecule has 1 N–H and O–H groups in total. The third-order valence-electron chi connectivity index (χ3n) is 4.08. The zero-order chi connectivity index (χ0) is 19.1. The standard InChI is InChI=1S/C19H22N4O2S/c1-10-7-8-14(11(2)9-10)17-20-12(3)15(26-17)16-21-18(23-25-16)19(5,6)22-13(4)24/h7-9H,1-6H3,(H,22,24). The van der Waals surface area contributed by atoms with Gasteiger partial charge in [-0.25, -0.2) is 4.98 Å². The molecule has 3 rings (SSSR count). The molecule has 0 aliphatic carbocycles. The van der Waals surface area contributed by atoms with E-state index in [1.807, 2.05) is 20.8 Å². The molecule has 0 aliphatic heterocycles. The lowest BCUT2D eigenvalue weighted by Gasteiger charge is -2.20. The minimum Gasteiger partial charge on any atom is -0.344 e. The van der Waals surface area contributed by atoms with Crippen LogP contribution >= 0.6 is 11.3 Å². The molecule has 0 bridgehead atoms. The Bertz CT molecular complexity index is 972. The molecule has 2 aromatic heterocycles. The number of carbonyl (C=O) groups is 1. The van der Waals surface area contributed by atoms with Gasteiger partial charge in [-0.3, -0.25) is 4.79 Å². The van der Waals surface area contributed by atoms with E-state index in [0.717, 1.165) is 21.1 Å². The van der Waals surface area contributed by atoms with Crippen LogP contribution in [0.4, 0.5) is 0 Å². The maximum atomic E-state index is 11.4. The molecule has 0 saturated carbocycles. The van der Waals surface area contributed by atoms with Crippen LogP contribution in [-0.4, -0.2) is 21.0 Å². The van der Waals surface area contributed by atoms with Crippen LogP contribution in [0.3, 0.4) is 0 Å². The highest BCUT2D eigenvalue weighted by molar-refractivity contribution is 7.18. The number of nitrogens with zero attached hydrogens (tertiary/aromatic N) is 3. The maximum Gasteiger partial charge on any atom is 0.270 e. The Morgan fingerprint density at radius 2 is 1.92 bits per heavy atom. The average molecular weight is 370 g/mol. The first-order chi connectivity index (χ1) is 12.2. The van der Waals surface area contributed by atoms with E-state index in [4.69, 9.17) is 4.52 Å². The summed E-state index contributed by atoms with van der Waals surface area (Å²) in [6.45, 7) is 11.2. The molecule has 2 heterocycles. The lowest BCUT2D eigenvalue weighted by atomic mass is 10.1. The monoisotopic (exact) mass is 370 g/mol. The lowest BCUT2D eigenvalue weighted by Crippen LogP contribution is -2.40. The number of aromatic nitrogens is 3. The van der Waals surface area contributed by atoms with E-state index < -0.39 is 5.54 Å². The van der Waals surface area contributed by atoms with Gasteiger partial charge in [0.05, 0.1) is 11.2 Å². The van der Waals surface area contributed by atoms with Gasteiger partial charge in [-0.15, -0.1) is 11.3 Å². The van der Waals surface area contributed by atoms with Crippen molar-refractivity contribution in [2.45, 2.75) is 47.1 Å². The number of hydrogen-bond acceptors (Lipinski definition) is 6. The van der Waals surface area contributed by atoms with E-state index in [2.05, 4.69) is 52.5 Å². The van der Waals surface area contributed by atoms with E-state index in [9.17, 15) is 4.79 Å². The van der Waals surface area contributed by atoms with Crippen LogP contribution in [0.1, 0.15) is 43.4 Å². The lowest BCUT2D eigenvalue weighted by molar-refractivity contribution is -0.120. The van der Waals surface area contributed by atoms with Crippen molar-refractivity contribution in [2.24, 2.45) is 0 Å². The highest BCUT2D eigenvalue weighted by atomic mass is 32.1.